The van der Waals surface area contributed by atoms with E-state index in [1.807, 2.05) is 0 Å². The summed E-state index contributed by atoms with van der Waals surface area (Å²) >= 11 is 3.79. The minimum atomic E-state index is 0.595. The van der Waals surface area contributed by atoms with Crippen molar-refractivity contribution in [3.05, 3.63) is 30.0 Å². The highest BCUT2D eigenvalue weighted by Gasteiger charge is 2.12. The van der Waals surface area contributed by atoms with Gasteiger partial charge in [-0.05, 0) is 38.2 Å². The first-order valence-corrected chi connectivity index (χ1v) is 8.11. The second-order valence-electron chi connectivity index (χ2n) is 5.55. The molecule has 104 valence electrons. The number of hydrogen-bond donors (Lipinski definition) is 0. The summed E-state index contributed by atoms with van der Waals surface area (Å²) in [5.74, 6) is 0.745. The topological polar surface area (TPSA) is 17.8 Å². The Morgan fingerprint density at radius 2 is 2.00 bits per heavy atom. The Bertz CT molecular complexity index is 531. The highest BCUT2D eigenvalue weighted by atomic mass is 79.9. The molecular formula is C16H23BrN2. The van der Waals surface area contributed by atoms with E-state index < -0.39 is 0 Å². The minimum Gasteiger partial charge on any atom is -0.265 e. The number of para-hydroxylation sites is 1. The number of benzene rings is 1. The number of alkyl halides is 1. The average molecular weight is 323 g/mol. The molecule has 2 aromatic rings. The van der Waals surface area contributed by atoms with Crippen LogP contribution < -0.4 is 0 Å². The van der Waals surface area contributed by atoms with Crippen LogP contribution in [0.15, 0.2) is 24.3 Å². The molecule has 0 fully saturated rings. The predicted molar refractivity (Wildman–Crippen MR) is 85.9 cm³/mol. The first-order valence-electron chi connectivity index (χ1n) is 7.20. The Hall–Kier alpha value is -0.830. The van der Waals surface area contributed by atoms with Crippen molar-refractivity contribution < 1.29 is 0 Å². The summed E-state index contributed by atoms with van der Waals surface area (Å²) in [6.45, 7) is 7.63. The van der Waals surface area contributed by atoms with Crippen LogP contribution in [0.5, 0.6) is 0 Å². The summed E-state index contributed by atoms with van der Waals surface area (Å²) in [7, 11) is 0. The summed E-state index contributed by atoms with van der Waals surface area (Å²) in [6, 6.07) is 8.55. The van der Waals surface area contributed by atoms with Crippen LogP contribution in [0, 0.1) is 5.92 Å². The molecule has 0 saturated heterocycles. The number of rotatable bonds is 6. The fourth-order valence-electron chi connectivity index (χ4n) is 2.54. The molecule has 1 heterocycles. The summed E-state index contributed by atoms with van der Waals surface area (Å²) in [5, 5.41) is 6.07. The molecule has 0 bridgehead atoms. The quantitative estimate of drug-likeness (QED) is 0.698. The molecule has 1 unspecified atom stereocenters. The molecule has 1 aromatic carbocycles. The summed E-state index contributed by atoms with van der Waals surface area (Å²) < 4.78 is 2.11. The van der Waals surface area contributed by atoms with E-state index >= 15 is 0 Å². The fraction of sp³-hybridized carbons (Fsp3) is 0.562. The van der Waals surface area contributed by atoms with Gasteiger partial charge in [-0.1, -0.05) is 48.0 Å². The monoisotopic (exact) mass is 322 g/mol. The average Bonchev–Trinajstić information content (AvgIpc) is 2.74. The van der Waals surface area contributed by atoms with Crippen LogP contribution in [0.3, 0.4) is 0 Å². The van der Waals surface area contributed by atoms with E-state index in [1.165, 1.54) is 23.0 Å². The smallest absolute Gasteiger partial charge is 0.0703 e. The largest absolute Gasteiger partial charge is 0.265 e. The van der Waals surface area contributed by atoms with E-state index in [2.05, 4.69) is 65.6 Å². The molecule has 0 N–H and O–H groups in total. The lowest BCUT2D eigenvalue weighted by Gasteiger charge is -2.11. The predicted octanol–water partition coefficient (Wildman–Crippen LogP) is 4.80. The standard InChI is InChI=1S/C16H23BrN2/c1-4-19-16-8-6-5-7-14(16)15(18-19)10-9-13(17)11-12(2)3/h5-8,12-13H,4,9-11H2,1-3H3. The van der Waals surface area contributed by atoms with Crippen LogP contribution in [0.2, 0.25) is 0 Å². The maximum absolute atomic E-state index is 4.75. The molecule has 2 rings (SSSR count). The Balaban J connectivity index is 2.12. The van der Waals surface area contributed by atoms with Gasteiger partial charge in [0.2, 0.25) is 0 Å². The van der Waals surface area contributed by atoms with Crippen molar-refractivity contribution in [2.45, 2.75) is 51.4 Å². The van der Waals surface area contributed by atoms with E-state index in [1.54, 1.807) is 0 Å². The van der Waals surface area contributed by atoms with Gasteiger partial charge in [-0.3, -0.25) is 4.68 Å². The summed E-state index contributed by atoms with van der Waals surface area (Å²) in [4.78, 5) is 0.595. The number of halogens is 1. The highest BCUT2D eigenvalue weighted by Crippen LogP contribution is 2.23. The first-order chi connectivity index (χ1) is 9.11. The normalized spacial score (nSPS) is 13.3. The number of fused-ring (bicyclic) bond motifs is 1. The van der Waals surface area contributed by atoms with Gasteiger partial charge in [0.15, 0.2) is 0 Å². The molecular weight excluding hydrogens is 300 g/mol. The lowest BCUT2D eigenvalue weighted by Crippen LogP contribution is -2.05. The number of aromatic nitrogens is 2. The van der Waals surface area contributed by atoms with Crippen molar-refractivity contribution in [3.8, 4) is 0 Å². The van der Waals surface area contributed by atoms with Crippen molar-refractivity contribution >= 4 is 26.8 Å². The number of aryl methyl sites for hydroxylation is 2. The summed E-state index contributed by atoms with van der Waals surface area (Å²) in [5.41, 5.74) is 2.50. The van der Waals surface area contributed by atoms with Crippen LogP contribution in [0.25, 0.3) is 10.9 Å². The highest BCUT2D eigenvalue weighted by molar-refractivity contribution is 9.09. The van der Waals surface area contributed by atoms with E-state index in [9.17, 15) is 0 Å². The van der Waals surface area contributed by atoms with Gasteiger partial charge in [0.25, 0.3) is 0 Å². The lowest BCUT2D eigenvalue weighted by molar-refractivity contribution is 0.551. The molecule has 0 aliphatic rings. The zero-order chi connectivity index (χ0) is 13.8. The Morgan fingerprint density at radius 1 is 1.26 bits per heavy atom. The number of nitrogens with zero attached hydrogens (tertiary/aromatic N) is 2. The molecule has 0 saturated carbocycles. The molecule has 0 amide bonds. The van der Waals surface area contributed by atoms with Crippen LogP contribution >= 0.6 is 15.9 Å². The van der Waals surface area contributed by atoms with Gasteiger partial charge >= 0.3 is 0 Å². The third-order valence-electron chi connectivity index (χ3n) is 3.46. The maximum Gasteiger partial charge on any atom is 0.0703 e. The van der Waals surface area contributed by atoms with Crippen LogP contribution in [0.4, 0.5) is 0 Å². The Morgan fingerprint density at radius 3 is 2.68 bits per heavy atom. The molecule has 1 aromatic heterocycles. The molecule has 2 nitrogen and oxygen atoms in total. The fourth-order valence-corrected chi connectivity index (χ4v) is 3.52. The zero-order valence-electron chi connectivity index (χ0n) is 12.1. The number of hydrogen-bond acceptors (Lipinski definition) is 1. The van der Waals surface area contributed by atoms with Crippen molar-refractivity contribution in [1.82, 2.24) is 9.78 Å². The van der Waals surface area contributed by atoms with Gasteiger partial charge in [0, 0.05) is 16.8 Å². The van der Waals surface area contributed by atoms with Gasteiger partial charge in [0.05, 0.1) is 11.2 Å². The Kier molecular flexibility index (Phi) is 5.03. The van der Waals surface area contributed by atoms with E-state index in [4.69, 9.17) is 5.10 Å². The van der Waals surface area contributed by atoms with Crippen molar-refractivity contribution in [2.75, 3.05) is 0 Å². The Labute approximate surface area is 124 Å². The van der Waals surface area contributed by atoms with Crippen molar-refractivity contribution in [1.29, 1.82) is 0 Å². The lowest BCUT2D eigenvalue weighted by atomic mass is 10.0. The maximum atomic E-state index is 4.75. The third-order valence-corrected chi connectivity index (χ3v) is 4.29. The van der Waals surface area contributed by atoms with Gasteiger partial charge < -0.3 is 0 Å². The van der Waals surface area contributed by atoms with Crippen LogP contribution in [-0.4, -0.2) is 14.6 Å². The molecule has 0 aliphatic carbocycles. The molecule has 0 aliphatic heterocycles. The van der Waals surface area contributed by atoms with Crippen LogP contribution in [-0.2, 0) is 13.0 Å². The van der Waals surface area contributed by atoms with E-state index in [-0.39, 0.29) is 0 Å². The zero-order valence-corrected chi connectivity index (χ0v) is 13.7. The second-order valence-corrected chi connectivity index (χ2v) is 6.84. The molecule has 0 spiro atoms. The van der Waals surface area contributed by atoms with E-state index in [0.29, 0.717) is 4.83 Å². The van der Waals surface area contributed by atoms with Crippen molar-refractivity contribution in [3.63, 3.8) is 0 Å². The van der Waals surface area contributed by atoms with Crippen LogP contribution in [0.1, 0.15) is 39.3 Å². The minimum absolute atomic E-state index is 0.595. The van der Waals surface area contributed by atoms with E-state index in [0.717, 1.165) is 25.3 Å². The SMILES string of the molecule is CCn1nc(CCC(Br)CC(C)C)c2ccccc21. The molecule has 1 atom stereocenters. The van der Waals surface area contributed by atoms with Gasteiger partial charge in [-0.15, -0.1) is 0 Å². The third kappa shape index (κ3) is 3.59. The van der Waals surface area contributed by atoms with Gasteiger partial charge in [0.1, 0.15) is 0 Å². The van der Waals surface area contributed by atoms with Gasteiger partial charge in [-0.2, -0.15) is 5.10 Å². The summed E-state index contributed by atoms with van der Waals surface area (Å²) in [6.07, 6.45) is 3.44. The molecule has 19 heavy (non-hydrogen) atoms. The second kappa shape index (κ2) is 6.56. The molecule has 0 radical (unpaired) electrons. The first kappa shape index (κ1) is 14.6. The van der Waals surface area contributed by atoms with Gasteiger partial charge in [-0.25, -0.2) is 0 Å². The van der Waals surface area contributed by atoms with Crippen molar-refractivity contribution in [2.24, 2.45) is 5.92 Å². The molecule has 3 heteroatoms.